The Balaban J connectivity index is 2.14. The predicted octanol–water partition coefficient (Wildman–Crippen LogP) is 3.29. The highest BCUT2D eigenvalue weighted by Crippen LogP contribution is 2.23. The van der Waals surface area contributed by atoms with Crippen LogP contribution >= 0.6 is 0 Å². The van der Waals surface area contributed by atoms with Gasteiger partial charge in [0.05, 0.1) is 17.5 Å². The quantitative estimate of drug-likeness (QED) is 0.926. The normalized spacial score (nSPS) is 11.7. The molecule has 1 aromatic carbocycles. The monoisotopic (exact) mass is 271 g/mol. The van der Waals surface area contributed by atoms with Crippen LogP contribution in [-0.4, -0.2) is 4.98 Å². The molecule has 0 fully saturated rings. The first-order valence-corrected chi connectivity index (χ1v) is 6.23. The van der Waals surface area contributed by atoms with Crippen molar-refractivity contribution in [2.75, 3.05) is 0 Å². The van der Waals surface area contributed by atoms with Crippen molar-refractivity contribution >= 4 is 0 Å². The van der Waals surface area contributed by atoms with Crippen molar-refractivity contribution in [1.82, 2.24) is 4.98 Å². The van der Waals surface area contributed by atoms with Gasteiger partial charge in [0.2, 0.25) is 0 Å². The van der Waals surface area contributed by atoms with Crippen LogP contribution in [0.15, 0.2) is 36.5 Å². The molecule has 1 aromatic heterocycles. The molecule has 5 heteroatoms. The molecule has 0 saturated carbocycles. The van der Waals surface area contributed by atoms with E-state index in [4.69, 9.17) is 15.7 Å². The number of ether oxygens (including phenoxy) is 1. The minimum Gasteiger partial charge on any atom is -0.456 e. The highest BCUT2D eigenvalue weighted by molar-refractivity contribution is 5.38. The van der Waals surface area contributed by atoms with Crippen LogP contribution < -0.4 is 10.5 Å². The number of halogens is 1. The number of nitrogens with zero attached hydrogens (tertiary/aromatic N) is 2. The average Bonchev–Trinajstić information content (AvgIpc) is 2.47. The molecule has 0 bridgehead atoms. The molecular formula is C15H14FN3O. The van der Waals surface area contributed by atoms with Gasteiger partial charge in [0.15, 0.2) is 0 Å². The number of pyridine rings is 1. The molecular weight excluding hydrogens is 257 g/mol. The zero-order valence-electron chi connectivity index (χ0n) is 11.0. The topological polar surface area (TPSA) is 71.9 Å². The summed E-state index contributed by atoms with van der Waals surface area (Å²) in [5, 5.41) is 8.65. The van der Waals surface area contributed by atoms with Gasteiger partial charge in [0, 0.05) is 12.1 Å². The van der Waals surface area contributed by atoms with Gasteiger partial charge in [-0.2, -0.15) is 5.26 Å². The van der Waals surface area contributed by atoms with Crippen LogP contribution in [0.1, 0.15) is 30.6 Å². The standard InChI is InChI=1S/C15H14FN3O/c1-2-14(18)15-6-5-12(9-19-15)20-11-4-3-10(8-17)13(16)7-11/h3-7,9,14H,2,18H2,1H3. The van der Waals surface area contributed by atoms with E-state index < -0.39 is 5.82 Å². The molecule has 1 unspecified atom stereocenters. The van der Waals surface area contributed by atoms with E-state index >= 15 is 0 Å². The van der Waals surface area contributed by atoms with Crippen LogP contribution in [-0.2, 0) is 0 Å². The van der Waals surface area contributed by atoms with E-state index in [0.29, 0.717) is 11.5 Å². The van der Waals surface area contributed by atoms with Gasteiger partial charge in [0.25, 0.3) is 0 Å². The summed E-state index contributed by atoms with van der Waals surface area (Å²) in [6.45, 7) is 1.98. The molecule has 20 heavy (non-hydrogen) atoms. The number of nitriles is 1. The van der Waals surface area contributed by atoms with Gasteiger partial charge in [-0.1, -0.05) is 6.92 Å². The molecule has 2 rings (SSSR count). The highest BCUT2D eigenvalue weighted by Gasteiger charge is 2.07. The smallest absolute Gasteiger partial charge is 0.145 e. The number of nitrogens with two attached hydrogens (primary N) is 1. The van der Waals surface area contributed by atoms with E-state index in [2.05, 4.69) is 4.98 Å². The molecule has 0 radical (unpaired) electrons. The number of benzene rings is 1. The Morgan fingerprint density at radius 2 is 2.10 bits per heavy atom. The van der Waals surface area contributed by atoms with Crippen molar-refractivity contribution in [2.24, 2.45) is 5.73 Å². The maximum atomic E-state index is 13.4. The van der Waals surface area contributed by atoms with Gasteiger partial charge in [0.1, 0.15) is 23.4 Å². The minimum absolute atomic E-state index is 0.0141. The third kappa shape index (κ3) is 3.11. The van der Waals surface area contributed by atoms with Crippen molar-refractivity contribution in [1.29, 1.82) is 5.26 Å². The SMILES string of the molecule is CCC(N)c1ccc(Oc2ccc(C#N)c(F)c2)cn1. The molecule has 0 aliphatic heterocycles. The van der Waals surface area contributed by atoms with Crippen molar-refractivity contribution in [3.8, 4) is 17.6 Å². The number of aromatic nitrogens is 1. The van der Waals surface area contributed by atoms with Gasteiger partial charge < -0.3 is 10.5 Å². The Morgan fingerprint density at radius 3 is 2.65 bits per heavy atom. The lowest BCUT2D eigenvalue weighted by atomic mass is 10.1. The van der Waals surface area contributed by atoms with E-state index in [-0.39, 0.29) is 11.6 Å². The molecule has 0 aliphatic carbocycles. The summed E-state index contributed by atoms with van der Waals surface area (Å²) in [5.74, 6) is 0.194. The summed E-state index contributed by atoms with van der Waals surface area (Å²) in [6.07, 6.45) is 2.34. The Hall–Kier alpha value is -2.45. The van der Waals surface area contributed by atoms with Gasteiger partial charge in [-0.3, -0.25) is 4.98 Å². The third-order valence-electron chi connectivity index (χ3n) is 2.88. The maximum absolute atomic E-state index is 13.4. The lowest BCUT2D eigenvalue weighted by Gasteiger charge is -2.09. The van der Waals surface area contributed by atoms with Crippen molar-refractivity contribution in [3.05, 3.63) is 53.6 Å². The second kappa shape index (κ2) is 6.13. The Kier molecular flexibility index (Phi) is 4.28. The number of hydrogen-bond donors (Lipinski definition) is 1. The number of rotatable bonds is 4. The Labute approximate surface area is 116 Å². The zero-order valence-corrected chi connectivity index (χ0v) is 11.0. The summed E-state index contributed by atoms with van der Waals surface area (Å²) in [5.41, 5.74) is 6.63. The second-order valence-electron chi connectivity index (χ2n) is 4.29. The molecule has 2 N–H and O–H groups in total. The van der Waals surface area contributed by atoms with Gasteiger partial charge >= 0.3 is 0 Å². The van der Waals surface area contributed by atoms with E-state index in [0.717, 1.165) is 12.1 Å². The molecule has 0 aliphatic rings. The second-order valence-corrected chi connectivity index (χ2v) is 4.29. The summed E-state index contributed by atoms with van der Waals surface area (Å²) in [7, 11) is 0. The van der Waals surface area contributed by atoms with Crippen molar-refractivity contribution < 1.29 is 9.13 Å². The highest BCUT2D eigenvalue weighted by atomic mass is 19.1. The van der Waals surface area contributed by atoms with Crippen LogP contribution in [0.5, 0.6) is 11.5 Å². The van der Waals surface area contributed by atoms with Crippen LogP contribution in [0.3, 0.4) is 0 Å². The fourth-order valence-corrected chi connectivity index (χ4v) is 1.67. The van der Waals surface area contributed by atoms with E-state index in [1.165, 1.54) is 18.2 Å². The lowest BCUT2D eigenvalue weighted by molar-refractivity contribution is 0.473. The van der Waals surface area contributed by atoms with Gasteiger partial charge in [-0.25, -0.2) is 4.39 Å². The first-order valence-electron chi connectivity index (χ1n) is 6.23. The molecule has 102 valence electrons. The largest absolute Gasteiger partial charge is 0.456 e. The molecule has 2 aromatic rings. The first kappa shape index (κ1) is 14.0. The summed E-state index contributed by atoms with van der Waals surface area (Å²) >= 11 is 0. The molecule has 4 nitrogen and oxygen atoms in total. The summed E-state index contributed by atoms with van der Waals surface area (Å²) < 4.78 is 18.9. The summed E-state index contributed by atoms with van der Waals surface area (Å²) in [6, 6.07) is 9.25. The van der Waals surface area contributed by atoms with Gasteiger partial charge in [-0.15, -0.1) is 0 Å². The molecule has 0 spiro atoms. The van der Waals surface area contributed by atoms with Crippen LogP contribution in [0.25, 0.3) is 0 Å². The Morgan fingerprint density at radius 1 is 1.35 bits per heavy atom. The first-order chi connectivity index (χ1) is 9.63. The third-order valence-corrected chi connectivity index (χ3v) is 2.88. The van der Waals surface area contributed by atoms with E-state index in [9.17, 15) is 4.39 Å². The minimum atomic E-state index is -0.609. The zero-order chi connectivity index (χ0) is 14.5. The van der Waals surface area contributed by atoms with Crippen LogP contribution in [0.2, 0.25) is 0 Å². The van der Waals surface area contributed by atoms with Gasteiger partial charge in [-0.05, 0) is 30.7 Å². The van der Waals surface area contributed by atoms with E-state index in [1.54, 1.807) is 24.4 Å². The fraction of sp³-hybridized carbons (Fsp3) is 0.200. The maximum Gasteiger partial charge on any atom is 0.145 e. The fourth-order valence-electron chi connectivity index (χ4n) is 1.67. The summed E-state index contributed by atoms with van der Waals surface area (Å²) in [4.78, 5) is 4.21. The van der Waals surface area contributed by atoms with Crippen LogP contribution in [0.4, 0.5) is 4.39 Å². The molecule has 1 atom stereocenters. The number of hydrogen-bond acceptors (Lipinski definition) is 4. The van der Waals surface area contributed by atoms with Crippen molar-refractivity contribution in [2.45, 2.75) is 19.4 Å². The lowest BCUT2D eigenvalue weighted by Crippen LogP contribution is -2.10. The van der Waals surface area contributed by atoms with Crippen molar-refractivity contribution in [3.63, 3.8) is 0 Å². The predicted molar refractivity (Wildman–Crippen MR) is 72.6 cm³/mol. The van der Waals surface area contributed by atoms with E-state index in [1.807, 2.05) is 6.92 Å². The average molecular weight is 271 g/mol. The molecule has 0 amide bonds. The van der Waals surface area contributed by atoms with Crippen LogP contribution in [0, 0.1) is 17.1 Å². The molecule has 1 heterocycles. The molecule has 0 saturated heterocycles. The Bertz CT molecular complexity index is 635.